The highest BCUT2D eigenvalue weighted by atomic mass is 16.2. The second kappa shape index (κ2) is 12.6. The van der Waals surface area contributed by atoms with Crippen LogP contribution in [0.2, 0.25) is 0 Å². The number of imide groups is 2. The summed E-state index contributed by atoms with van der Waals surface area (Å²) in [6, 6.07) is 13.8. The molecule has 0 aromatic heterocycles. The van der Waals surface area contributed by atoms with Gasteiger partial charge in [0.15, 0.2) is 0 Å². The number of hydrogen-bond donors (Lipinski definition) is 0. The minimum absolute atomic E-state index is 0.248. The van der Waals surface area contributed by atoms with Gasteiger partial charge in [0.05, 0.1) is 29.7 Å². The van der Waals surface area contributed by atoms with Crippen molar-refractivity contribution in [3.05, 3.63) is 60.2 Å². The molecule has 8 atom stereocenters. The smallest absolute Gasteiger partial charge is 0.250 e. The zero-order valence-electron chi connectivity index (χ0n) is 27.9. The second-order valence-corrected chi connectivity index (χ2v) is 14.4. The normalized spacial score (nSPS) is 29.7. The van der Waals surface area contributed by atoms with Crippen LogP contribution in [0.25, 0.3) is 0 Å². The van der Waals surface area contributed by atoms with Crippen LogP contribution < -0.4 is 9.80 Å². The van der Waals surface area contributed by atoms with Gasteiger partial charge in [-0.25, -0.2) is 0 Å². The molecule has 6 amide bonds. The number of anilines is 2. The first-order valence-electron chi connectivity index (χ1n) is 17.7. The van der Waals surface area contributed by atoms with E-state index in [1.165, 1.54) is 9.80 Å². The number of para-hydroxylation sites is 2. The van der Waals surface area contributed by atoms with E-state index in [4.69, 9.17) is 0 Å². The van der Waals surface area contributed by atoms with Gasteiger partial charge < -0.3 is 9.80 Å². The molecule has 0 spiro atoms. The molecular formula is C38H44N4O6. The molecule has 0 N–H and O–H groups in total. The summed E-state index contributed by atoms with van der Waals surface area (Å²) in [5, 5.41) is 0. The van der Waals surface area contributed by atoms with Gasteiger partial charge in [0.2, 0.25) is 29.5 Å². The van der Waals surface area contributed by atoms with Crippen LogP contribution in [-0.4, -0.2) is 63.4 Å². The topological polar surface area (TPSA) is 115 Å². The fourth-order valence-electron chi connectivity index (χ4n) is 9.17. The molecule has 7 rings (SSSR count). The lowest BCUT2D eigenvalue weighted by Crippen LogP contribution is -2.56. The SMILES string of the molecule is CC(C(=O)N1c2ccccc2C(N(C(=O)C(C)N2C(=O)C3CCCCC3C2=O)c2ccccc2)CC1C)N1C(=O)C2CCCCC2C1=O. The zero-order chi connectivity index (χ0) is 33.9. The molecule has 2 aromatic carbocycles. The van der Waals surface area contributed by atoms with Gasteiger partial charge in [-0.1, -0.05) is 62.1 Å². The number of carbonyl (C=O) groups is 6. The Kier molecular flexibility index (Phi) is 8.46. The average Bonchev–Trinajstić information content (AvgIpc) is 3.52. The van der Waals surface area contributed by atoms with Gasteiger partial charge in [-0.2, -0.15) is 0 Å². The number of fused-ring (bicyclic) bond motifs is 3. The van der Waals surface area contributed by atoms with Crippen molar-refractivity contribution in [1.82, 2.24) is 9.80 Å². The standard InChI is InChI=1S/C38H44N4O6/c1-22-21-32(42(25-13-5-4-6-14-25)34(44)24(3)41-37(47)28-17-9-10-18-29(28)38(41)48)30-19-11-12-20-31(30)39(22)33(43)23(2)40-35(45)26-15-7-8-16-27(26)36(40)46/h4-6,11-14,19-20,22-24,26-29,32H,7-10,15-18,21H2,1-3H3. The second-order valence-electron chi connectivity index (χ2n) is 14.4. The molecule has 10 heteroatoms. The van der Waals surface area contributed by atoms with Crippen LogP contribution in [0, 0.1) is 23.7 Å². The lowest BCUT2D eigenvalue weighted by molar-refractivity contribution is -0.147. The minimum atomic E-state index is -1.01. The summed E-state index contributed by atoms with van der Waals surface area (Å²) in [6.07, 6.45) is 6.67. The maximum absolute atomic E-state index is 14.7. The van der Waals surface area contributed by atoms with Crippen molar-refractivity contribution >= 4 is 46.8 Å². The van der Waals surface area contributed by atoms with E-state index in [1.54, 1.807) is 23.6 Å². The lowest BCUT2D eigenvalue weighted by atomic mass is 9.81. The Morgan fingerprint density at radius 1 is 0.667 bits per heavy atom. The van der Waals surface area contributed by atoms with Crippen LogP contribution in [0.5, 0.6) is 0 Å². The van der Waals surface area contributed by atoms with Gasteiger partial charge in [0.25, 0.3) is 5.91 Å². The molecule has 48 heavy (non-hydrogen) atoms. The van der Waals surface area contributed by atoms with Crippen molar-refractivity contribution < 1.29 is 28.8 Å². The fourth-order valence-corrected chi connectivity index (χ4v) is 9.17. The largest absolute Gasteiger partial charge is 0.307 e. The number of nitrogens with zero attached hydrogens (tertiary/aromatic N) is 4. The van der Waals surface area contributed by atoms with Gasteiger partial charge in [-0.05, 0) is 76.6 Å². The Hall–Kier alpha value is -4.34. The number of amides is 6. The fraction of sp³-hybridized carbons (Fsp3) is 0.526. The Bertz CT molecular complexity index is 1610. The summed E-state index contributed by atoms with van der Waals surface area (Å²) in [4.78, 5) is 88.7. The molecule has 252 valence electrons. The molecule has 2 saturated carbocycles. The summed E-state index contributed by atoms with van der Waals surface area (Å²) < 4.78 is 0. The van der Waals surface area contributed by atoms with Gasteiger partial charge in [0, 0.05) is 17.4 Å². The Labute approximate surface area is 281 Å². The molecule has 3 heterocycles. The van der Waals surface area contributed by atoms with Crippen LogP contribution in [0.1, 0.15) is 90.2 Å². The van der Waals surface area contributed by atoms with Gasteiger partial charge in [-0.15, -0.1) is 0 Å². The van der Waals surface area contributed by atoms with Crippen LogP contribution in [0.4, 0.5) is 11.4 Å². The van der Waals surface area contributed by atoms with E-state index in [2.05, 4.69) is 0 Å². The first-order valence-corrected chi connectivity index (χ1v) is 17.7. The Morgan fingerprint density at radius 2 is 1.12 bits per heavy atom. The third kappa shape index (κ3) is 5.06. The molecule has 0 bridgehead atoms. The minimum Gasteiger partial charge on any atom is -0.307 e. The molecule has 10 nitrogen and oxygen atoms in total. The Balaban J connectivity index is 1.21. The number of benzene rings is 2. The van der Waals surface area contributed by atoms with Crippen molar-refractivity contribution in [3.63, 3.8) is 0 Å². The maximum Gasteiger partial charge on any atom is 0.250 e. The lowest BCUT2D eigenvalue weighted by Gasteiger charge is -2.45. The first-order chi connectivity index (χ1) is 23.1. The average molecular weight is 653 g/mol. The molecule has 4 fully saturated rings. The van der Waals surface area contributed by atoms with Gasteiger partial charge >= 0.3 is 0 Å². The molecule has 2 saturated heterocycles. The third-order valence-corrected chi connectivity index (χ3v) is 11.6. The number of hydrogen-bond acceptors (Lipinski definition) is 6. The number of rotatable bonds is 6. The van der Waals surface area contributed by atoms with Crippen LogP contribution in [-0.2, 0) is 28.8 Å². The molecule has 2 aliphatic carbocycles. The van der Waals surface area contributed by atoms with Gasteiger partial charge in [-0.3, -0.25) is 38.6 Å². The summed E-state index contributed by atoms with van der Waals surface area (Å²) in [5.74, 6) is -3.12. The highest BCUT2D eigenvalue weighted by molar-refractivity contribution is 6.12. The van der Waals surface area contributed by atoms with Crippen molar-refractivity contribution in [3.8, 4) is 0 Å². The van der Waals surface area contributed by atoms with E-state index in [0.29, 0.717) is 43.5 Å². The molecular weight excluding hydrogens is 608 g/mol. The van der Waals surface area contributed by atoms with Crippen LogP contribution >= 0.6 is 0 Å². The predicted molar refractivity (Wildman–Crippen MR) is 178 cm³/mol. The molecule has 5 aliphatic rings. The quantitative estimate of drug-likeness (QED) is 0.405. The monoisotopic (exact) mass is 652 g/mol. The van der Waals surface area contributed by atoms with E-state index in [1.807, 2.05) is 61.5 Å². The van der Waals surface area contributed by atoms with Crippen molar-refractivity contribution in [2.45, 2.75) is 103 Å². The first kappa shape index (κ1) is 32.2. The van der Waals surface area contributed by atoms with Crippen molar-refractivity contribution in [2.75, 3.05) is 9.80 Å². The van der Waals surface area contributed by atoms with Gasteiger partial charge in [0.1, 0.15) is 12.1 Å². The highest BCUT2D eigenvalue weighted by Gasteiger charge is 2.54. The summed E-state index contributed by atoms with van der Waals surface area (Å²) >= 11 is 0. The molecule has 0 radical (unpaired) electrons. The Morgan fingerprint density at radius 3 is 1.65 bits per heavy atom. The zero-order valence-corrected chi connectivity index (χ0v) is 27.9. The molecule has 3 aliphatic heterocycles. The van der Waals surface area contributed by atoms with Crippen molar-refractivity contribution in [1.29, 1.82) is 0 Å². The molecule has 2 aromatic rings. The van der Waals surface area contributed by atoms with E-state index >= 15 is 0 Å². The maximum atomic E-state index is 14.7. The molecule has 8 unspecified atom stereocenters. The number of likely N-dealkylation sites (tertiary alicyclic amines) is 2. The predicted octanol–water partition coefficient (Wildman–Crippen LogP) is 5.01. The van der Waals surface area contributed by atoms with Crippen LogP contribution in [0.15, 0.2) is 54.6 Å². The summed E-state index contributed by atoms with van der Waals surface area (Å²) in [6.45, 7) is 5.19. The third-order valence-electron chi connectivity index (χ3n) is 11.6. The summed E-state index contributed by atoms with van der Waals surface area (Å²) in [5.41, 5.74) is 1.97. The van der Waals surface area contributed by atoms with E-state index in [9.17, 15) is 28.8 Å². The highest BCUT2D eigenvalue weighted by Crippen LogP contribution is 2.45. The van der Waals surface area contributed by atoms with E-state index < -0.39 is 24.2 Å². The van der Waals surface area contributed by atoms with E-state index in [0.717, 1.165) is 31.2 Å². The van der Waals surface area contributed by atoms with E-state index in [-0.39, 0.29) is 59.1 Å². The van der Waals surface area contributed by atoms with Crippen molar-refractivity contribution in [2.24, 2.45) is 23.7 Å². The summed E-state index contributed by atoms with van der Waals surface area (Å²) in [7, 11) is 0. The van der Waals surface area contributed by atoms with Crippen LogP contribution in [0.3, 0.4) is 0 Å². The number of carbonyl (C=O) groups excluding carboxylic acids is 6.